The van der Waals surface area contributed by atoms with Gasteiger partial charge in [0.25, 0.3) is 5.97 Å². The van der Waals surface area contributed by atoms with Crippen molar-refractivity contribution < 1.29 is 14.2 Å². The van der Waals surface area contributed by atoms with Crippen molar-refractivity contribution in [2.75, 3.05) is 21.3 Å². The summed E-state index contributed by atoms with van der Waals surface area (Å²) in [5.41, 5.74) is 0. The van der Waals surface area contributed by atoms with Gasteiger partial charge in [-0.1, -0.05) is 89.5 Å². The monoisotopic (exact) mass is 357 g/mol. The molecule has 4 heteroatoms. The van der Waals surface area contributed by atoms with Crippen molar-refractivity contribution >= 4 is 10.2 Å². The highest BCUT2D eigenvalue weighted by Crippen LogP contribution is 2.21. The van der Waals surface area contributed by atoms with E-state index in [0.717, 1.165) is 18.9 Å². The summed E-state index contributed by atoms with van der Waals surface area (Å²) < 4.78 is 15.9. The van der Waals surface area contributed by atoms with Gasteiger partial charge in [0.15, 0.2) is 0 Å². The Kier molecular flexibility index (Phi) is 18.0. The van der Waals surface area contributed by atoms with Crippen molar-refractivity contribution in [3.63, 3.8) is 0 Å². The Bertz CT molecular complexity index is 237. The first-order chi connectivity index (χ1) is 11.7. The molecule has 0 saturated heterocycles. The summed E-state index contributed by atoms with van der Waals surface area (Å²) in [6, 6.07) is 1.16. The van der Waals surface area contributed by atoms with E-state index >= 15 is 0 Å². The third kappa shape index (κ3) is 13.4. The molecule has 0 rings (SSSR count). The van der Waals surface area contributed by atoms with Crippen LogP contribution in [0.3, 0.4) is 0 Å². The van der Waals surface area contributed by atoms with Crippen LogP contribution < -0.4 is 0 Å². The number of methoxy groups -OCH3 is 3. The number of unbranched alkanes of at least 4 members (excludes halogenated alkanes) is 13. The summed E-state index contributed by atoms with van der Waals surface area (Å²) in [4.78, 5) is 0. The van der Waals surface area contributed by atoms with Crippen molar-refractivity contribution in [2.24, 2.45) is 0 Å². The Balaban J connectivity index is 3.23. The van der Waals surface area contributed by atoms with Gasteiger partial charge in [0.05, 0.1) is 0 Å². The van der Waals surface area contributed by atoms with Crippen LogP contribution in [0, 0.1) is 0 Å². The van der Waals surface area contributed by atoms with Gasteiger partial charge in [0.1, 0.15) is 0 Å². The summed E-state index contributed by atoms with van der Waals surface area (Å²) >= 11 is 0. The number of rotatable bonds is 19. The van der Waals surface area contributed by atoms with Gasteiger partial charge in [0.2, 0.25) is 0 Å². The minimum Gasteiger partial charge on any atom is -0.331 e. The van der Waals surface area contributed by atoms with E-state index in [9.17, 15) is 0 Å². The van der Waals surface area contributed by atoms with Gasteiger partial charge >= 0.3 is 0 Å². The molecule has 0 saturated carbocycles. The van der Waals surface area contributed by atoms with Crippen molar-refractivity contribution in [1.82, 2.24) is 0 Å². The smallest absolute Gasteiger partial charge is 0.282 e. The summed E-state index contributed by atoms with van der Waals surface area (Å²) in [6.07, 6.45) is 19.8. The molecule has 0 bridgehead atoms. The average molecular weight is 358 g/mol. The lowest BCUT2D eigenvalue weighted by Crippen LogP contribution is -2.35. The minimum atomic E-state index is -0.839. The van der Waals surface area contributed by atoms with Gasteiger partial charge in [-0.25, -0.2) is 0 Å². The Morgan fingerprint density at radius 3 is 1.08 bits per heavy atom. The van der Waals surface area contributed by atoms with E-state index in [1.165, 1.54) is 83.5 Å². The van der Waals surface area contributed by atoms with E-state index in [4.69, 9.17) is 14.2 Å². The molecule has 0 fully saturated rings. The Labute approximate surface area is 154 Å². The largest absolute Gasteiger partial charge is 0.331 e. The first-order valence-corrected chi connectivity index (χ1v) is 10.8. The van der Waals surface area contributed by atoms with Crippen LogP contribution in [-0.2, 0) is 14.2 Å². The number of hydrogen-bond donors (Lipinski definition) is 0. The van der Waals surface area contributed by atoms with E-state index in [2.05, 4.69) is 10.2 Å². The van der Waals surface area contributed by atoms with Crippen LogP contribution in [0.15, 0.2) is 0 Å². The molecular weight excluding hydrogens is 316 g/mol. The van der Waals surface area contributed by atoms with E-state index in [-0.39, 0.29) is 0 Å². The summed E-state index contributed by atoms with van der Waals surface area (Å²) in [5, 5.41) is 0. The first-order valence-electron chi connectivity index (χ1n) is 10.0. The molecule has 0 aromatic heterocycles. The molecule has 0 heterocycles. The average Bonchev–Trinajstić information content (AvgIpc) is 2.62. The maximum absolute atomic E-state index is 5.31. The highest BCUT2D eigenvalue weighted by Gasteiger charge is 2.28. The molecule has 0 spiro atoms. The molecule has 3 radical (unpaired) electrons. The van der Waals surface area contributed by atoms with Crippen LogP contribution >= 0.6 is 0 Å². The zero-order chi connectivity index (χ0) is 17.9. The standard InChI is InChI=1S/C20H41O3Si/c1-21-20(22-2,23-3)18-16-14-12-10-8-6-4-5-7-9-11-13-15-17-19-24/h4-19H2,1-3H3. The van der Waals surface area contributed by atoms with Gasteiger partial charge in [-0.2, -0.15) is 0 Å². The third-order valence-corrected chi connectivity index (χ3v) is 5.20. The molecule has 3 nitrogen and oxygen atoms in total. The molecule has 24 heavy (non-hydrogen) atoms. The highest BCUT2D eigenvalue weighted by molar-refractivity contribution is 6.08. The fraction of sp³-hybridized carbons (Fsp3) is 1.00. The Morgan fingerprint density at radius 1 is 0.500 bits per heavy atom. The minimum absolute atomic E-state index is 0.798. The van der Waals surface area contributed by atoms with Gasteiger partial charge in [-0.15, -0.1) is 0 Å². The lowest BCUT2D eigenvalue weighted by molar-refractivity contribution is -0.355. The van der Waals surface area contributed by atoms with E-state index in [1.807, 2.05) is 0 Å². The second-order valence-corrected chi connectivity index (χ2v) is 7.25. The van der Waals surface area contributed by atoms with E-state index < -0.39 is 5.97 Å². The topological polar surface area (TPSA) is 27.7 Å². The molecule has 0 amide bonds. The third-order valence-electron chi connectivity index (χ3n) is 4.84. The van der Waals surface area contributed by atoms with Gasteiger partial charge in [0, 0.05) is 38.0 Å². The fourth-order valence-corrected chi connectivity index (χ4v) is 3.39. The molecule has 0 aliphatic rings. The summed E-state index contributed by atoms with van der Waals surface area (Å²) in [5.74, 6) is -0.839. The Hall–Kier alpha value is 0.0969. The molecule has 0 N–H and O–H groups in total. The molecule has 0 aliphatic heterocycles. The zero-order valence-corrected chi connectivity index (χ0v) is 17.5. The van der Waals surface area contributed by atoms with Crippen molar-refractivity contribution in [3.05, 3.63) is 0 Å². The van der Waals surface area contributed by atoms with Crippen LogP contribution in [0.2, 0.25) is 6.04 Å². The predicted molar refractivity (Wildman–Crippen MR) is 104 cm³/mol. The molecule has 0 aromatic carbocycles. The van der Waals surface area contributed by atoms with Crippen LogP contribution in [0.25, 0.3) is 0 Å². The first kappa shape index (κ1) is 24.1. The molecule has 0 unspecified atom stereocenters. The van der Waals surface area contributed by atoms with Crippen LogP contribution in [-0.4, -0.2) is 37.5 Å². The van der Waals surface area contributed by atoms with Gasteiger partial charge in [-0.05, 0) is 6.42 Å². The lowest BCUT2D eigenvalue weighted by atomic mass is 10.0. The van der Waals surface area contributed by atoms with Crippen molar-refractivity contribution in [3.8, 4) is 0 Å². The van der Waals surface area contributed by atoms with Crippen molar-refractivity contribution in [1.29, 1.82) is 0 Å². The maximum atomic E-state index is 5.31. The molecule has 0 atom stereocenters. The Morgan fingerprint density at radius 2 is 0.792 bits per heavy atom. The highest BCUT2D eigenvalue weighted by atomic mass is 28.1. The predicted octanol–water partition coefficient (Wildman–Crippen LogP) is 6.02. The summed E-state index contributed by atoms with van der Waals surface area (Å²) in [7, 11) is 8.44. The number of hydrogen-bond acceptors (Lipinski definition) is 3. The molecule has 143 valence electrons. The van der Waals surface area contributed by atoms with E-state index in [1.54, 1.807) is 21.3 Å². The normalized spacial score (nSPS) is 12.0. The molecular formula is C20H41O3Si. The second-order valence-electron chi connectivity index (χ2n) is 6.75. The maximum Gasteiger partial charge on any atom is 0.282 e. The lowest BCUT2D eigenvalue weighted by Gasteiger charge is -2.28. The van der Waals surface area contributed by atoms with Crippen molar-refractivity contribution in [2.45, 2.75) is 108 Å². The fourth-order valence-electron chi connectivity index (χ4n) is 3.14. The van der Waals surface area contributed by atoms with Crippen LogP contribution in [0.4, 0.5) is 0 Å². The SMILES string of the molecule is COC(CCCCCCCCCCCCCCCC[Si])(OC)OC. The van der Waals surface area contributed by atoms with Gasteiger partial charge < -0.3 is 14.2 Å². The zero-order valence-electron chi connectivity index (χ0n) is 16.5. The number of ether oxygens (including phenoxy) is 3. The summed E-state index contributed by atoms with van der Waals surface area (Å²) in [6.45, 7) is 0. The van der Waals surface area contributed by atoms with Gasteiger partial charge in [-0.3, -0.25) is 0 Å². The van der Waals surface area contributed by atoms with E-state index in [0.29, 0.717) is 0 Å². The molecule has 0 aromatic rings. The second kappa shape index (κ2) is 17.9. The van der Waals surface area contributed by atoms with Crippen LogP contribution in [0.5, 0.6) is 0 Å². The molecule has 0 aliphatic carbocycles. The van der Waals surface area contributed by atoms with Crippen LogP contribution in [0.1, 0.15) is 96.3 Å². The quantitative estimate of drug-likeness (QED) is 0.161.